The van der Waals surface area contributed by atoms with Crippen LogP contribution in [0.4, 0.5) is 11.4 Å². The van der Waals surface area contributed by atoms with Gasteiger partial charge in [0, 0.05) is 36.0 Å². The molecule has 0 aromatic heterocycles. The molecule has 4 nitrogen and oxygen atoms in total. The number of anilines is 2. The largest absolute Gasteiger partial charge is 0.404 e. The molecule has 0 heterocycles. The second-order valence-corrected chi connectivity index (χ2v) is 8.57. The molecule has 3 aromatic carbocycles. The Morgan fingerprint density at radius 1 is 0.923 bits per heavy atom. The van der Waals surface area contributed by atoms with Gasteiger partial charge in [-0.1, -0.05) is 105 Å². The fraction of sp³-hybridized carbons (Fsp3) is 0.200. The number of allylic oxidation sites excluding steroid dienone is 7. The van der Waals surface area contributed by atoms with Gasteiger partial charge in [-0.3, -0.25) is 0 Å². The van der Waals surface area contributed by atoms with Crippen LogP contribution >= 0.6 is 0 Å². The Morgan fingerprint density at radius 3 is 2.08 bits per heavy atom. The number of aryl methyl sites for hydroxylation is 1. The van der Waals surface area contributed by atoms with E-state index in [1.54, 1.807) is 6.20 Å². The van der Waals surface area contributed by atoms with Crippen molar-refractivity contribution in [2.24, 2.45) is 11.5 Å². The van der Waals surface area contributed by atoms with Crippen molar-refractivity contribution < 1.29 is 0 Å². The zero-order chi connectivity index (χ0) is 28.9. The van der Waals surface area contributed by atoms with Crippen LogP contribution in [0.5, 0.6) is 0 Å². The van der Waals surface area contributed by atoms with E-state index in [1.165, 1.54) is 24.1 Å². The van der Waals surface area contributed by atoms with E-state index in [9.17, 15) is 0 Å². The summed E-state index contributed by atoms with van der Waals surface area (Å²) in [5, 5.41) is 6.49. The van der Waals surface area contributed by atoms with Gasteiger partial charge in [-0.25, -0.2) is 0 Å². The molecular weight excluding hydrogens is 476 g/mol. The summed E-state index contributed by atoms with van der Waals surface area (Å²) in [5.74, 6) is 0. The van der Waals surface area contributed by atoms with Gasteiger partial charge in [-0.2, -0.15) is 0 Å². The van der Waals surface area contributed by atoms with Crippen molar-refractivity contribution in [3.63, 3.8) is 0 Å². The lowest BCUT2D eigenvalue weighted by molar-refractivity contribution is 0.841. The van der Waals surface area contributed by atoms with Crippen LogP contribution in [0.1, 0.15) is 50.3 Å². The van der Waals surface area contributed by atoms with Crippen molar-refractivity contribution in [3.8, 4) is 0 Å². The third-order valence-electron chi connectivity index (χ3n) is 5.52. The Bertz CT molecular complexity index is 1210. The Balaban J connectivity index is 0.000000297. The fourth-order valence-electron chi connectivity index (χ4n) is 3.50. The number of rotatable bonds is 6. The predicted molar refractivity (Wildman–Crippen MR) is 174 cm³/mol. The van der Waals surface area contributed by atoms with Crippen LogP contribution in [-0.4, -0.2) is 7.05 Å². The summed E-state index contributed by atoms with van der Waals surface area (Å²) in [6.07, 6.45) is 14.0. The smallest absolute Gasteiger partial charge is 0.0457 e. The first-order chi connectivity index (χ1) is 19.0. The second kappa shape index (κ2) is 19.6. The topological polar surface area (TPSA) is 76.1 Å². The van der Waals surface area contributed by atoms with E-state index in [4.69, 9.17) is 11.5 Å². The van der Waals surface area contributed by atoms with E-state index in [0.717, 1.165) is 33.8 Å². The zero-order valence-corrected chi connectivity index (χ0v) is 24.2. The molecule has 4 heteroatoms. The summed E-state index contributed by atoms with van der Waals surface area (Å²) in [7, 11) is 1.96. The van der Waals surface area contributed by atoms with Crippen molar-refractivity contribution in [2.75, 3.05) is 12.4 Å². The first kappa shape index (κ1) is 32.6. The van der Waals surface area contributed by atoms with E-state index in [2.05, 4.69) is 72.7 Å². The molecule has 206 valence electrons. The number of nitrogens with two attached hydrogens (primary N) is 2. The number of para-hydroxylation sites is 1. The molecule has 1 aliphatic carbocycles. The molecule has 0 bridgehead atoms. The second-order valence-electron chi connectivity index (χ2n) is 8.57. The van der Waals surface area contributed by atoms with Gasteiger partial charge in [-0.05, 0) is 73.7 Å². The first-order valence-corrected chi connectivity index (χ1v) is 13.5. The van der Waals surface area contributed by atoms with E-state index < -0.39 is 0 Å². The van der Waals surface area contributed by atoms with Crippen molar-refractivity contribution in [1.29, 1.82) is 0 Å². The lowest BCUT2D eigenvalue weighted by Crippen LogP contribution is -2.05. The Morgan fingerprint density at radius 2 is 1.56 bits per heavy atom. The molecule has 0 spiro atoms. The van der Waals surface area contributed by atoms with Gasteiger partial charge in [0.1, 0.15) is 0 Å². The molecule has 0 saturated carbocycles. The zero-order valence-electron chi connectivity index (χ0n) is 24.2. The first-order valence-electron chi connectivity index (χ1n) is 13.5. The quantitative estimate of drug-likeness (QED) is 0.244. The molecule has 39 heavy (non-hydrogen) atoms. The molecule has 1 aliphatic rings. The van der Waals surface area contributed by atoms with Crippen molar-refractivity contribution >= 4 is 23.0 Å². The number of nitrogens with one attached hydrogen (secondary N) is 2. The highest BCUT2D eigenvalue weighted by molar-refractivity contribution is 5.74. The SMILES string of the molecule is C/C(N)=C\C(=C/N)c1ccccc1.C=Cc1ccccc1Nc1ccc(C)cc1.CC.CNC1=CC=CCC1. The third kappa shape index (κ3) is 13.1. The summed E-state index contributed by atoms with van der Waals surface area (Å²) in [5.41, 5.74) is 19.7. The number of hydrogen-bond acceptors (Lipinski definition) is 4. The Labute approximate surface area is 236 Å². The van der Waals surface area contributed by atoms with Crippen LogP contribution in [-0.2, 0) is 0 Å². The molecule has 3 aromatic rings. The maximum Gasteiger partial charge on any atom is 0.0457 e. The number of benzene rings is 3. The lowest BCUT2D eigenvalue weighted by Gasteiger charge is -2.09. The van der Waals surface area contributed by atoms with Gasteiger partial charge in [-0.15, -0.1) is 0 Å². The normalized spacial score (nSPS) is 12.2. The van der Waals surface area contributed by atoms with Crippen LogP contribution in [0.3, 0.4) is 0 Å². The minimum absolute atomic E-state index is 0.751. The maximum atomic E-state index is 5.57. The summed E-state index contributed by atoms with van der Waals surface area (Å²) in [6.45, 7) is 11.7. The number of hydrogen-bond donors (Lipinski definition) is 4. The van der Waals surface area contributed by atoms with Crippen molar-refractivity contribution in [2.45, 2.75) is 40.5 Å². The summed E-state index contributed by atoms with van der Waals surface area (Å²) < 4.78 is 0. The van der Waals surface area contributed by atoms with Gasteiger partial charge in [0.05, 0.1) is 0 Å². The van der Waals surface area contributed by atoms with E-state index >= 15 is 0 Å². The Kier molecular flexibility index (Phi) is 16.4. The van der Waals surface area contributed by atoms with Crippen LogP contribution in [0.25, 0.3) is 11.6 Å². The highest BCUT2D eigenvalue weighted by atomic mass is 14.9. The van der Waals surface area contributed by atoms with E-state index in [1.807, 2.05) is 88.5 Å². The summed E-state index contributed by atoms with van der Waals surface area (Å²) in [4.78, 5) is 0. The van der Waals surface area contributed by atoms with Gasteiger partial charge in [0.15, 0.2) is 0 Å². The highest BCUT2D eigenvalue weighted by Gasteiger charge is 1.98. The average Bonchev–Trinajstić information content (AvgIpc) is 3.00. The minimum Gasteiger partial charge on any atom is -0.404 e. The van der Waals surface area contributed by atoms with Crippen molar-refractivity contribution in [1.82, 2.24) is 5.32 Å². The van der Waals surface area contributed by atoms with Crippen LogP contribution in [0.2, 0.25) is 0 Å². The van der Waals surface area contributed by atoms with Gasteiger partial charge < -0.3 is 22.1 Å². The van der Waals surface area contributed by atoms with Gasteiger partial charge >= 0.3 is 0 Å². The van der Waals surface area contributed by atoms with Crippen LogP contribution in [0.15, 0.2) is 127 Å². The molecule has 6 N–H and O–H groups in total. The van der Waals surface area contributed by atoms with Crippen LogP contribution < -0.4 is 22.1 Å². The molecular formula is C35H46N4. The summed E-state index contributed by atoms with van der Waals surface area (Å²) in [6, 6.07) is 26.4. The third-order valence-corrected chi connectivity index (χ3v) is 5.52. The monoisotopic (exact) mass is 522 g/mol. The molecule has 0 radical (unpaired) electrons. The standard InChI is InChI=1S/C15H15N.C11H14N2.C7H11N.C2H6/c1-3-13-6-4-5-7-15(13)16-14-10-8-12(2)9-11-14;1-9(13)7-11(8-12)10-5-3-2-4-6-10;1-8-7-5-3-2-4-6-7;1-2/h3-11,16H,1H2,2H3;2-8H,12-13H2,1H3;2-3,5,8H,4,6H2,1H3;1-2H3/b;9-7+,11-8+;;. The molecule has 0 atom stereocenters. The highest BCUT2D eigenvalue weighted by Crippen LogP contribution is 2.21. The molecule has 0 saturated heterocycles. The minimum atomic E-state index is 0.751. The van der Waals surface area contributed by atoms with Crippen molar-refractivity contribution in [3.05, 3.63) is 144 Å². The van der Waals surface area contributed by atoms with E-state index in [0.29, 0.717) is 0 Å². The van der Waals surface area contributed by atoms with Gasteiger partial charge in [0.25, 0.3) is 0 Å². The molecule has 4 rings (SSSR count). The molecule has 0 unspecified atom stereocenters. The fourth-order valence-corrected chi connectivity index (χ4v) is 3.50. The molecule has 0 aliphatic heterocycles. The molecule has 0 fully saturated rings. The maximum absolute atomic E-state index is 5.57. The van der Waals surface area contributed by atoms with E-state index in [-0.39, 0.29) is 0 Å². The van der Waals surface area contributed by atoms with Crippen LogP contribution in [0, 0.1) is 6.92 Å². The predicted octanol–water partition coefficient (Wildman–Crippen LogP) is 8.70. The Hall–Kier alpha value is -4.44. The molecule has 0 amide bonds. The average molecular weight is 523 g/mol. The summed E-state index contributed by atoms with van der Waals surface area (Å²) >= 11 is 0. The lowest BCUT2D eigenvalue weighted by atomic mass is 10.1. The van der Waals surface area contributed by atoms with Gasteiger partial charge in [0.2, 0.25) is 0 Å².